The van der Waals surface area contributed by atoms with E-state index in [1.807, 2.05) is 0 Å². The molecule has 0 bridgehead atoms. The average molecular weight is 336 g/mol. The number of nitrogens with zero attached hydrogens (tertiary/aromatic N) is 1. The second-order valence-corrected chi connectivity index (χ2v) is 6.59. The number of alkyl halides is 1. The van der Waals surface area contributed by atoms with Gasteiger partial charge in [-0.15, -0.1) is 0 Å². The monoisotopic (exact) mass is 336 g/mol. The number of carbonyl (C=O) groups excluding carboxylic acids is 2. The zero-order valence-electron chi connectivity index (χ0n) is 14.5. The predicted molar refractivity (Wildman–Crippen MR) is 90.3 cm³/mol. The van der Waals surface area contributed by atoms with Gasteiger partial charge in [0.1, 0.15) is 11.9 Å². The molecule has 0 saturated heterocycles. The summed E-state index contributed by atoms with van der Waals surface area (Å²) in [6.07, 6.45) is -0.0270. The maximum atomic E-state index is 13.3. The van der Waals surface area contributed by atoms with Crippen LogP contribution in [0.5, 0.6) is 0 Å². The number of halogens is 1. The molecule has 7 heteroatoms. The molecule has 0 radical (unpaired) electrons. The second-order valence-electron chi connectivity index (χ2n) is 6.59. The van der Waals surface area contributed by atoms with E-state index in [9.17, 15) is 14.0 Å². The van der Waals surface area contributed by atoms with Crippen molar-refractivity contribution in [2.45, 2.75) is 58.8 Å². The molecule has 4 atom stereocenters. The van der Waals surface area contributed by atoms with Gasteiger partial charge >= 0.3 is 0 Å². The van der Waals surface area contributed by atoms with Gasteiger partial charge in [0.25, 0.3) is 5.91 Å². The average Bonchev–Trinajstić information content (AvgIpc) is 2.48. The molecule has 2 rings (SSSR count). The number of aromatic nitrogens is 1. The lowest BCUT2D eigenvalue weighted by Gasteiger charge is -2.31. The molecule has 4 N–H and O–H groups in total. The summed E-state index contributed by atoms with van der Waals surface area (Å²) >= 11 is 0. The molecule has 1 heterocycles. The summed E-state index contributed by atoms with van der Waals surface area (Å²) in [6, 6.07) is 1.08. The van der Waals surface area contributed by atoms with Crippen LogP contribution in [0, 0.1) is 19.8 Å². The number of pyridine rings is 1. The molecule has 24 heavy (non-hydrogen) atoms. The third-order valence-corrected chi connectivity index (χ3v) is 4.66. The summed E-state index contributed by atoms with van der Waals surface area (Å²) in [5, 5.41) is 5.59. The van der Waals surface area contributed by atoms with Crippen LogP contribution in [0.3, 0.4) is 0 Å². The molecule has 1 saturated carbocycles. The number of hydrogen-bond donors (Lipinski definition) is 3. The van der Waals surface area contributed by atoms with Crippen molar-refractivity contribution in [1.82, 2.24) is 15.6 Å². The van der Waals surface area contributed by atoms with Gasteiger partial charge in [-0.25, -0.2) is 9.37 Å². The van der Waals surface area contributed by atoms with Crippen LogP contribution in [0.25, 0.3) is 0 Å². The summed E-state index contributed by atoms with van der Waals surface area (Å²) in [4.78, 5) is 28.6. The largest absolute Gasteiger partial charge is 0.397 e. The maximum absolute atomic E-state index is 13.3. The van der Waals surface area contributed by atoms with Gasteiger partial charge in [-0.2, -0.15) is 0 Å². The Balaban J connectivity index is 1.95. The Morgan fingerprint density at radius 2 is 1.88 bits per heavy atom. The number of hydrogen-bond acceptors (Lipinski definition) is 4. The molecule has 1 aromatic rings. The molecular weight excluding hydrogens is 311 g/mol. The van der Waals surface area contributed by atoms with Crippen molar-refractivity contribution in [2.75, 3.05) is 5.73 Å². The van der Waals surface area contributed by atoms with Crippen molar-refractivity contribution in [2.24, 2.45) is 5.92 Å². The molecule has 0 aliphatic heterocycles. The Hall–Kier alpha value is -2.18. The van der Waals surface area contributed by atoms with Crippen LogP contribution in [0.2, 0.25) is 0 Å². The predicted octanol–water partition coefficient (Wildman–Crippen LogP) is 1.65. The highest BCUT2D eigenvalue weighted by molar-refractivity contribution is 5.94. The Morgan fingerprint density at radius 3 is 2.42 bits per heavy atom. The number of carbonyl (C=O) groups is 2. The molecular formula is C17H25FN4O2. The summed E-state index contributed by atoms with van der Waals surface area (Å²) in [7, 11) is 0. The first kappa shape index (κ1) is 18.2. The number of amides is 2. The number of nitrogens with two attached hydrogens (primary N) is 1. The van der Waals surface area contributed by atoms with Crippen LogP contribution >= 0.6 is 0 Å². The Bertz CT molecular complexity index is 650. The van der Waals surface area contributed by atoms with Crippen LogP contribution in [-0.4, -0.2) is 35.1 Å². The van der Waals surface area contributed by atoms with E-state index in [4.69, 9.17) is 5.73 Å². The molecule has 1 aromatic heterocycles. The third kappa shape index (κ3) is 3.83. The SMILES string of the molecule is Cc1cc(N)c(C)nc1C(=O)NC(C)C(C)NC(=O)C1CCC1F. The Morgan fingerprint density at radius 1 is 1.25 bits per heavy atom. The summed E-state index contributed by atoms with van der Waals surface area (Å²) in [5.74, 6) is -1.17. The fourth-order valence-corrected chi connectivity index (χ4v) is 2.57. The van der Waals surface area contributed by atoms with Crippen molar-refractivity contribution >= 4 is 17.5 Å². The van der Waals surface area contributed by atoms with E-state index in [0.29, 0.717) is 35.5 Å². The summed E-state index contributed by atoms with van der Waals surface area (Å²) in [6.45, 7) is 7.08. The zero-order chi connectivity index (χ0) is 18.0. The van der Waals surface area contributed by atoms with Gasteiger partial charge in [0.2, 0.25) is 5.91 Å². The first-order valence-electron chi connectivity index (χ1n) is 8.19. The molecule has 132 valence electrons. The molecule has 1 fully saturated rings. The lowest BCUT2D eigenvalue weighted by Crippen LogP contribution is -2.52. The van der Waals surface area contributed by atoms with Crippen LogP contribution in [0.4, 0.5) is 10.1 Å². The summed E-state index contributed by atoms with van der Waals surface area (Å²) in [5.41, 5.74) is 7.92. The molecule has 1 aliphatic rings. The van der Waals surface area contributed by atoms with Crippen LogP contribution in [-0.2, 0) is 4.79 Å². The molecule has 0 aromatic carbocycles. The Kier molecular flexibility index (Phi) is 5.41. The molecule has 6 nitrogen and oxygen atoms in total. The normalized spacial score (nSPS) is 22.2. The molecule has 1 aliphatic carbocycles. The first-order valence-corrected chi connectivity index (χ1v) is 8.19. The Labute approximate surface area is 141 Å². The highest BCUT2D eigenvalue weighted by Crippen LogP contribution is 2.30. The van der Waals surface area contributed by atoms with Crippen LogP contribution in [0.1, 0.15) is 48.4 Å². The van der Waals surface area contributed by atoms with E-state index in [-0.39, 0.29) is 23.9 Å². The second kappa shape index (κ2) is 7.15. The van der Waals surface area contributed by atoms with Gasteiger partial charge in [-0.1, -0.05) is 0 Å². The van der Waals surface area contributed by atoms with E-state index in [1.165, 1.54) is 0 Å². The smallest absolute Gasteiger partial charge is 0.270 e. The number of aryl methyl sites for hydroxylation is 2. The van der Waals surface area contributed by atoms with E-state index in [0.717, 1.165) is 0 Å². The van der Waals surface area contributed by atoms with E-state index in [2.05, 4.69) is 15.6 Å². The van der Waals surface area contributed by atoms with Gasteiger partial charge in [0, 0.05) is 12.1 Å². The molecule has 4 unspecified atom stereocenters. The van der Waals surface area contributed by atoms with Crippen LogP contribution in [0.15, 0.2) is 6.07 Å². The number of nitrogen functional groups attached to an aromatic ring is 1. The lowest BCUT2D eigenvalue weighted by atomic mass is 9.82. The van der Waals surface area contributed by atoms with Crippen LogP contribution < -0.4 is 16.4 Å². The third-order valence-electron chi connectivity index (χ3n) is 4.66. The van der Waals surface area contributed by atoms with Crippen molar-refractivity contribution in [3.8, 4) is 0 Å². The minimum Gasteiger partial charge on any atom is -0.397 e. The summed E-state index contributed by atoms with van der Waals surface area (Å²) < 4.78 is 13.3. The van der Waals surface area contributed by atoms with Crippen molar-refractivity contribution < 1.29 is 14.0 Å². The minimum absolute atomic E-state index is 0.292. The van der Waals surface area contributed by atoms with Crippen molar-refractivity contribution in [3.63, 3.8) is 0 Å². The lowest BCUT2D eigenvalue weighted by molar-refractivity contribution is -0.131. The van der Waals surface area contributed by atoms with Gasteiger partial charge in [-0.3, -0.25) is 9.59 Å². The maximum Gasteiger partial charge on any atom is 0.270 e. The highest BCUT2D eigenvalue weighted by atomic mass is 19.1. The van der Waals surface area contributed by atoms with Crippen molar-refractivity contribution in [1.29, 1.82) is 0 Å². The molecule has 0 spiro atoms. The van der Waals surface area contributed by atoms with Gasteiger partial charge < -0.3 is 16.4 Å². The highest BCUT2D eigenvalue weighted by Gasteiger charge is 2.37. The van der Waals surface area contributed by atoms with Gasteiger partial charge in [-0.05, 0) is 52.2 Å². The number of nitrogens with one attached hydrogen (secondary N) is 2. The fourth-order valence-electron chi connectivity index (χ4n) is 2.57. The van der Waals surface area contributed by atoms with Crippen molar-refractivity contribution in [3.05, 3.63) is 23.0 Å². The topological polar surface area (TPSA) is 97.1 Å². The van der Waals surface area contributed by atoms with E-state index in [1.54, 1.807) is 33.8 Å². The minimum atomic E-state index is -1.05. The van der Waals surface area contributed by atoms with E-state index >= 15 is 0 Å². The standard InChI is InChI=1S/C17H25FN4O2/c1-8-7-14(19)11(4)20-15(8)17(24)22-10(3)9(2)21-16(23)12-5-6-13(12)18/h7,9-10,12-13H,5-6,19H2,1-4H3,(H,21,23)(H,22,24). The van der Waals surface area contributed by atoms with E-state index < -0.39 is 12.1 Å². The number of anilines is 1. The first-order chi connectivity index (χ1) is 11.2. The quantitative estimate of drug-likeness (QED) is 0.761. The van der Waals surface area contributed by atoms with Gasteiger partial charge in [0.15, 0.2) is 0 Å². The zero-order valence-corrected chi connectivity index (χ0v) is 14.5. The molecule has 2 amide bonds. The fraction of sp³-hybridized carbons (Fsp3) is 0.588. The van der Waals surface area contributed by atoms with Gasteiger partial charge in [0.05, 0.1) is 17.3 Å². The number of rotatable bonds is 5.